The van der Waals surface area contributed by atoms with Crippen molar-refractivity contribution in [2.75, 3.05) is 5.88 Å². The van der Waals surface area contributed by atoms with Gasteiger partial charge >= 0.3 is 0 Å². The van der Waals surface area contributed by atoms with Crippen molar-refractivity contribution in [3.8, 4) is 0 Å². The molecule has 0 bridgehead atoms. The summed E-state index contributed by atoms with van der Waals surface area (Å²) in [6.45, 7) is 0.598. The quantitative estimate of drug-likeness (QED) is 0.470. The van der Waals surface area contributed by atoms with Gasteiger partial charge in [0.25, 0.3) is 0 Å². The van der Waals surface area contributed by atoms with Gasteiger partial charge in [0.15, 0.2) is 0 Å². The molecule has 1 aromatic carbocycles. The molecule has 0 unspecified atom stereocenters. The minimum absolute atomic E-state index is 0.226. The number of thiazole rings is 1. The van der Waals surface area contributed by atoms with Gasteiger partial charge in [0.2, 0.25) is 0 Å². The first-order valence-electron chi connectivity index (χ1n) is 5.97. The number of hydrogen-bond acceptors (Lipinski definition) is 3. The zero-order valence-electron chi connectivity index (χ0n) is 10.3. The Balaban J connectivity index is 2.15. The van der Waals surface area contributed by atoms with Gasteiger partial charge in [-0.25, -0.2) is 14.4 Å². The van der Waals surface area contributed by atoms with Gasteiger partial charge < -0.3 is 4.57 Å². The van der Waals surface area contributed by atoms with Gasteiger partial charge in [-0.15, -0.1) is 22.9 Å². The van der Waals surface area contributed by atoms with E-state index < -0.39 is 0 Å². The molecule has 7 heteroatoms. The molecule has 3 aromatic rings. The van der Waals surface area contributed by atoms with E-state index in [1.165, 1.54) is 6.07 Å². The van der Waals surface area contributed by atoms with Crippen molar-refractivity contribution in [1.29, 1.82) is 0 Å². The zero-order chi connectivity index (χ0) is 14.1. The normalized spacial score (nSPS) is 11.3. The maximum Gasteiger partial charge on any atom is 0.138 e. The van der Waals surface area contributed by atoms with E-state index >= 15 is 0 Å². The second-order valence-electron chi connectivity index (χ2n) is 4.23. The molecule has 0 aliphatic rings. The van der Waals surface area contributed by atoms with Gasteiger partial charge in [0.05, 0.1) is 21.1 Å². The van der Waals surface area contributed by atoms with Gasteiger partial charge in [-0.05, 0) is 28.7 Å². The van der Waals surface area contributed by atoms with Crippen molar-refractivity contribution in [2.45, 2.75) is 13.0 Å². The van der Waals surface area contributed by atoms with Crippen LogP contribution in [0.25, 0.3) is 11.0 Å². The lowest BCUT2D eigenvalue weighted by Crippen LogP contribution is -2.05. The summed E-state index contributed by atoms with van der Waals surface area (Å²) in [6.07, 6.45) is 2.42. The fourth-order valence-corrected chi connectivity index (χ4v) is 3.31. The summed E-state index contributed by atoms with van der Waals surface area (Å²) in [7, 11) is 0. The lowest BCUT2D eigenvalue weighted by atomic mass is 10.3. The molecule has 0 atom stereocenters. The van der Waals surface area contributed by atoms with E-state index in [0.29, 0.717) is 22.4 Å². The van der Waals surface area contributed by atoms with Crippen LogP contribution in [-0.2, 0) is 13.0 Å². The maximum absolute atomic E-state index is 13.8. The lowest BCUT2D eigenvalue weighted by molar-refractivity contribution is 0.620. The first kappa shape index (κ1) is 14.2. The summed E-state index contributed by atoms with van der Waals surface area (Å²) >= 11 is 9.39. The number of nitrogens with zero attached hydrogens (tertiary/aromatic N) is 3. The molecule has 0 amide bonds. The fourth-order valence-electron chi connectivity index (χ4n) is 2.09. The molecule has 0 radical (unpaired) electrons. The predicted molar refractivity (Wildman–Crippen MR) is 88.0 cm³/mol. The van der Waals surface area contributed by atoms with Crippen molar-refractivity contribution >= 4 is 56.6 Å². The van der Waals surface area contributed by atoms with E-state index in [1.807, 2.05) is 32.5 Å². The highest BCUT2D eigenvalue weighted by Gasteiger charge is 2.14. The third kappa shape index (κ3) is 2.68. The molecule has 20 heavy (non-hydrogen) atoms. The molecule has 0 spiro atoms. The minimum atomic E-state index is -0.226. The van der Waals surface area contributed by atoms with Gasteiger partial charge in [-0.1, -0.05) is 0 Å². The van der Waals surface area contributed by atoms with Crippen LogP contribution in [0.4, 0.5) is 4.39 Å². The van der Waals surface area contributed by atoms with Crippen molar-refractivity contribution in [3.05, 3.63) is 43.9 Å². The zero-order valence-corrected chi connectivity index (χ0v) is 14.0. The Labute approximate surface area is 137 Å². The van der Waals surface area contributed by atoms with Gasteiger partial charge in [0.1, 0.15) is 16.6 Å². The van der Waals surface area contributed by atoms with Crippen LogP contribution in [-0.4, -0.2) is 20.4 Å². The van der Waals surface area contributed by atoms with Crippen LogP contribution in [0.5, 0.6) is 0 Å². The van der Waals surface area contributed by atoms with Gasteiger partial charge in [-0.2, -0.15) is 0 Å². The standard InChI is InChI=1S/C13H10ClFIN3S/c14-2-1-12-18-10-6-9(16)8(15)5-11(10)19(12)7-13-17-3-4-20-13/h3-6H,1-2,7H2. The summed E-state index contributed by atoms with van der Waals surface area (Å²) in [5.41, 5.74) is 1.59. The van der Waals surface area contributed by atoms with Crippen LogP contribution in [0, 0.1) is 9.39 Å². The number of imidazole rings is 1. The van der Waals surface area contributed by atoms with E-state index in [2.05, 4.69) is 9.97 Å². The van der Waals surface area contributed by atoms with Crippen molar-refractivity contribution < 1.29 is 4.39 Å². The molecule has 3 nitrogen and oxygen atoms in total. The highest BCUT2D eigenvalue weighted by atomic mass is 127. The highest BCUT2D eigenvalue weighted by molar-refractivity contribution is 14.1. The van der Waals surface area contributed by atoms with E-state index in [-0.39, 0.29) is 5.82 Å². The molecule has 0 aliphatic carbocycles. The smallest absolute Gasteiger partial charge is 0.138 e. The summed E-state index contributed by atoms with van der Waals surface area (Å²) in [5.74, 6) is 1.13. The van der Waals surface area contributed by atoms with Crippen LogP contribution in [0.3, 0.4) is 0 Å². The number of benzene rings is 1. The first-order valence-corrected chi connectivity index (χ1v) is 8.47. The average Bonchev–Trinajstić information content (AvgIpc) is 3.02. The Bertz CT molecular complexity index is 742. The SMILES string of the molecule is Fc1cc2c(cc1I)nc(CCCl)n2Cc1nccs1. The molecular formula is C13H10ClFIN3S. The largest absolute Gasteiger partial charge is 0.321 e. The predicted octanol–water partition coefficient (Wildman–Crippen LogP) is 4.07. The minimum Gasteiger partial charge on any atom is -0.321 e. The number of hydrogen-bond donors (Lipinski definition) is 0. The Morgan fingerprint density at radius 2 is 2.25 bits per heavy atom. The van der Waals surface area contributed by atoms with E-state index in [4.69, 9.17) is 11.6 Å². The topological polar surface area (TPSA) is 30.7 Å². The average molecular weight is 422 g/mol. The lowest BCUT2D eigenvalue weighted by Gasteiger charge is -2.06. The summed E-state index contributed by atoms with van der Waals surface area (Å²) in [4.78, 5) is 8.85. The van der Waals surface area contributed by atoms with Crippen LogP contribution in [0.1, 0.15) is 10.8 Å². The number of rotatable bonds is 4. The number of halogens is 3. The van der Waals surface area contributed by atoms with Crippen molar-refractivity contribution in [1.82, 2.24) is 14.5 Å². The number of alkyl halides is 1. The first-order chi connectivity index (χ1) is 9.69. The second kappa shape index (κ2) is 5.95. The number of aryl methyl sites for hydroxylation is 1. The summed E-state index contributed by atoms with van der Waals surface area (Å²) in [5, 5.41) is 2.90. The summed E-state index contributed by atoms with van der Waals surface area (Å²) in [6, 6.07) is 3.30. The van der Waals surface area contributed by atoms with Crippen LogP contribution >= 0.6 is 45.5 Å². The monoisotopic (exact) mass is 421 g/mol. The molecule has 0 saturated carbocycles. The van der Waals surface area contributed by atoms with E-state index in [0.717, 1.165) is 21.9 Å². The van der Waals surface area contributed by atoms with Crippen molar-refractivity contribution in [2.24, 2.45) is 0 Å². The molecule has 0 fully saturated rings. The van der Waals surface area contributed by atoms with Crippen molar-refractivity contribution in [3.63, 3.8) is 0 Å². The Morgan fingerprint density at radius 1 is 1.40 bits per heavy atom. The Hall–Kier alpha value is -0.730. The molecule has 104 valence electrons. The Morgan fingerprint density at radius 3 is 2.95 bits per heavy atom. The van der Waals surface area contributed by atoms with E-state index in [1.54, 1.807) is 23.6 Å². The summed E-state index contributed by atoms with van der Waals surface area (Å²) < 4.78 is 16.4. The molecule has 3 rings (SSSR count). The fraction of sp³-hybridized carbons (Fsp3) is 0.231. The van der Waals surface area contributed by atoms with E-state index in [9.17, 15) is 4.39 Å². The number of aromatic nitrogens is 3. The van der Waals surface area contributed by atoms with Gasteiger partial charge in [0, 0.05) is 29.9 Å². The van der Waals surface area contributed by atoms with Crippen LogP contribution in [0.15, 0.2) is 23.7 Å². The second-order valence-corrected chi connectivity index (χ2v) is 6.75. The molecule has 0 N–H and O–H groups in total. The van der Waals surface area contributed by atoms with Crippen LogP contribution < -0.4 is 0 Å². The molecular weight excluding hydrogens is 412 g/mol. The molecule has 0 saturated heterocycles. The molecule has 2 aromatic heterocycles. The third-order valence-electron chi connectivity index (χ3n) is 2.96. The molecule has 2 heterocycles. The van der Waals surface area contributed by atoms with Gasteiger partial charge in [-0.3, -0.25) is 0 Å². The van der Waals surface area contributed by atoms with Crippen LogP contribution in [0.2, 0.25) is 0 Å². The third-order valence-corrected chi connectivity index (χ3v) is 4.74. The Kier molecular flexibility index (Phi) is 4.23. The maximum atomic E-state index is 13.8. The molecule has 0 aliphatic heterocycles. The number of fused-ring (bicyclic) bond motifs is 1. The highest BCUT2D eigenvalue weighted by Crippen LogP contribution is 2.23.